The number of carbonyl (C=O) groups excluding carboxylic acids is 2. The van der Waals surface area contributed by atoms with Crippen LogP contribution in [0.4, 0.5) is 5.69 Å². The maximum Gasteiger partial charge on any atom is 0.243 e. The largest absolute Gasteiger partial charge is 0.345 e. The fraction of sp³-hybridized carbons (Fsp3) is 0.556. The molecule has 0 aromatic heterocycles. The van der Waals surface area contributed by atoms with Crippen LogP contribution in [-0.4, -0.2) is 62.7 Å². The number of likely N-dealkylation sites (N-methyl/N-ethyl adjacent to an activating group) is 2. The Hall–Kier alpha value is -1.97. The van der Waals surface area contributed by atoms with Crippen molar-refractivity contribution in [3.05, 3.63) is 24.3 Å². The highest BCUT2D eigenvalue weighted by molar-refractivity contribution is 7.89. The van der Waals surface area contributed by atoms with E-state index in [9.17, 15) is 18.0 Å². The molecule has 1 aromatic rings. The number of nitrogens with zero attached hydrogens (tertiary/aromatic N) is 2. The molecule has 27 heavy (non-hydrogen) atoms. The molecular weight excluding hydrogens is 368 g/mol. The molecule has 0 aliphatic carbocycles. The number of sulfonamides is 1. The van der Waals surface area contributed by atoms with Gasteiger partial charge in [-0.2, -0.15) is 4.31 Å². The Kier molecular flexibility index (Phi) is 8.39. The predicted molar refractivity (Wildman–Crippen MR) is 106 cm³/mol. The van der Waals surface area contributed by atoms with Gasteiger partial charge in [0.15, 0.2) is 0 Å². The van der Waals surface area contributed by atoms with E-state index in [1.807, 2.05) is 13.8 Å². The number of hydrogen-bond acceptors (Lipinski definition) is 5. The summed E-state index contributed by atoms with van der Waals surface area (Å²) in [4.78, 5) is 24.9. The minimum Gasteiger partial charge on any atom is -0.345 e. The molecule has 0 fully saturated rings. The number of amides is 2. The van der Waals surface area contributed by atoms with Crippen molar-refractivity contribution in [3.63, 3.8) is 0 Å². The van der Waals surface area contributed by atoms with E-state index in [-0.39, 0.29) is 29.3 Å². The molecule has 0 saturated carbocycles. The van der Waals surface area contributed by atoms with Crippen molar-refractivity contribution < 1.29 is 18.0 Å². The average Bonchev–Trinajstić information content (AvgIpc) is 2.58. The van der Waals surface area contributed by atoms with Crippen LogP contribution in [0, 0.1) is 5.92 Å². The van der Waals surface area contributed by atoms with Crippen LogP contribution in [0.15, 0.2) is 29.2 Å². The Labute approximate surface area is 161 Å². The van der Waals surface area contributed by atoms with Gasteiger partial charge in [-0.25, -0.2) is 8.42 Å². The number of hydrogen-bond donors (Lipinski definition) is 2. The number of carbonyl (C=O) groups is 2. The van der Waals surface area contributed by atoms with Crippen molar-refractivity contribution in [3.8, 4) is 0 Å². The zero-order valence-corrected chi connectivity index (χ0v) is 17.4. The summed E-state index contributed by atoms with van der Waals surface area (Å²) >= 11 is 0. The molecule has 0 heterocycles. The molecule has 2 amide bonds. The van der Waals surface area contributed by atoms with E-state index >= 15 is 0 Å². The van der Waals surface area contributed by atoms with E-state index in [2.05, 4.69) is 5.32 Å². The maximum atomic E-state index is 12.6. The smallest absolute Gasteiger partial charge is 0.243 e. The van der Waals surface area contributed by atoms with Crippen LogP contribution in [0.5, 0.6) is 0 Å². The molecule has 0 aliphatic rings. The average molecular weight is 399 g/mol. The summed E-state index contributed by atoms with van der Waals surface area (Å²) in [6.07, 6.45) is 0.654. The van der Waals surface area contributed by atoms with Gasteiger partial charge in [-0.1, -0.05) is 13.8 Å². The van der Waals surface area contributed by atoms with Crippen LogP contribution in [0.25, 0.3) is 0 Å². The lowest BCUT2D eigenvalue weighted by Crippen LogP contribution is -2.41. The second kappa shape index (κ2) is 9.82. The molecule has 9 heteroatoms. The summed E-state index contributed by atoms with van der Waals surface area (Å²) < 4.78 is 26.3. The van der Waals surface area contributed by atoms with Crippen LogP contribution in [0.1, 0.15) is 27.2 Å². The molecule has 0 bridgehead atoms. The van der Waals surface area contributed by atoms with Gasteiger partial charge in [0.1, 0.15) is 0 Å². The lowest BCUT2D eigenvalue weighted by Gasteiger charge is -2.24. The molecule has 152 valence electrons. The topological polar surface area (TPSA) is 113 Å². The SMILES string of the molecule is CC(=O)Nc1ccc(S(=O)(=O)N(C)CC(=O)N(C)CCC(N)C(C)C)cc1. The van der Waals surface area contributed by atoms with E-state index in [0.717, 1.165) is 4.31 Å². The highest BCUT2D eigenvalue weighted by Gasteiger charge is 2.24. The standard InChI is InChI=1S/C18H30N4O4S/c1-13(2)17(19)10-11-21(4)18(24)12-22(5)27(25,26)16-8-6-15(7-9-16)20-14(3)23/h6-9,13,17H,10-12,19H2,1-5H3,(H,20,23). The number of rotatable bonds is 9. The Morgan fingerprint density at radius 3 is 2.19 bits per heavy atom. The lowest BCUT2D eigenvalue weighted by atomic mass is 10.0. The van der Waals surface area contributed by atoms with Crippen LogP contribution in [-0.2, 0) is 19.6 Å². The van der Waals surface area contributed by atoms with Gasteiger partial charge in [-0.05, 0) is 36.6 Å². The number of nitrogens with one attached hydrogen (secondary N) is 1. The fourth-order valence-corrected chi connectivity index (χ4v) is 3.41. The van der Waals surface area contributed by atoms with Gasteiger partial charge in [0.25, 0.3) is 0 Å². The molecule has 3 N–H and O–H groups in total. The normalized spacial score (nSPS) is 12.9. The van der Waals surface area contributed by atoms with Crippen molar-refractivity contribution in [2.24, 2.45) is 11.7 Å². The van der Waals surface area contributed by atoms with E-state index < -0.39 is 10.0 Å². The summed E-state index contributed by atoms with van der Waals surface area (Å²) in [5, 5.41) is 2.57. The van der Waals surface area contributed by atoms with Crippen LogP contribution >= 0.6 is 0 Å². The van der Waals surface area contributed by atoms with Gasteiger partial charge in [0.05, 0.1) is 11.4 Å². The van der Waals surface area contributed by atoms with Gasteiger partial charge >= 0.3 is 0 Å². The van der Waals surface area contributed by atoms with E-state index in [1.54, 1.807) is 7.05 Å². The third-order valence-corrected chi connectivity index (χ3v) is 6.14. The first-order chi connectivity index (χ1) is 12.4. The van der Waals surface area contributed by atoms with Crippen molar-refractivity contribution in [1.82, 2.24) is 9.21 Å². The molecule has 0 spiro atoms. The van der Waals surface area contributed by atoms with Gasteiger partial charge in [0, 0.05) is 39.3 Å². The van der Waals surface area contributed by atoms with Crippen LogP contribution in [0.2, 0.25) is 0 Å². The summed E-state index contributed by atoms with van der Waals surface area (Å²) in [5.74, 6) is -0.225. The molecule has 0 saturated heterocycles. The van der Waals surface area contributed by atoms with Crippen molar-refractivity contribution >= 4 is 27.5 Å². The van der Waals surface area contributed by atoms with Crippen molar-refractivity contribution in [2.45, 2.75) is 38.1 Å². The monoisotopic (exact) mass is 398 g/mol. The maximum absolute atomic E-state index is 12.6. The molecule has 1 unspecified atom stereocenters. The number of nitrogens with two attached hydrogens (primary N) is 1. The summed E-state index contributed by atoms with van der Waals surface area (Å²) in [6, 6.07) is 5.79. The summed E-state index contributed by atoms with van der Waals surface area (Å²) in [6.45, 7) is 5.61. The number of benzene rings is 1. The van der Waals surface area contributed by atoms with Crippen LogP contribution < -0.4 is 11.1 Å². The Balaban J connectivity index is 2.72. The predicted octanol–water partition coefficient (Wildman–Crippen LogP) is 1.10. The first-order valence-electron chi connectivity index (χ1n) is 8.78. The van der Waals surface area contributed by atoms with Gasteiger partial charge in [0.2, 0.25) is 21.8 Å². The van der Waals surface area contributed by atoms with Gasteiger partial charge in [-0.3, -0.25) is 9.59 Å². The lowest BCUT2D eigenvalue weighted by molar-refractivity contribution is -0.130. The van der Waals surface area contributed by atoms with E-state index in [4.69, 9.17) is 5.73 Å². The molecule has 0 radical (unpaired) electrons. The van der Waals surface area contributed by atoms with Crippen molar-refractivity contribution in [2.75, 3.05) is 32.5 Å². The fourth-order valence-electron chi connectivity index (χ4n) is 2.29. The minimum atomic E-state index is -3.81. The number of anilines is 1. The third-order valence-electron chi connectivity index (χ3n) is 4.32. The van der Waals surface area contributed by atoms with Gasteiger partial charge < -0.3 is 16.0 Å². The van der Waals surface area contributed by atoms with Gasteiger partial charge in [-0.15, -0.1) is 0 Å². The molecular formula is C18H30N4O4S. The first kappa shape index (κ1) is 23.1. The zero-order valence-electron chi connectivity index (χ0n) is 16.6. The Morgan fingerprint density at radius 2 is 1.70 bits per heavy atom. The third kappa shape index (κ3) is 6.93. The van der Waals surface area contributed by atoms with E-state index in [1.165, 1.54) is 43.1 Å². The highest BCUT2D eigenvalue weighted by atomic mass is 32.2. The Morgan fingerprint density at radius 1 is 1.15 bits per heavy atom. The van der Waals surface area contributed by atoms with Crippen molar-refractivity contribution in [1.29, 1.82) is 0 Å². The zero-order chi connectivity index (χ0) is 20.8. The molecule has 0 aliphatic heterocycles. The second-order valence-electron chi connectivity index (χ2n) is 6.98. The highest BCUT2D eigenvalue weighted by Crippen LogP contribution is 2.17. The quantitative estimate of drug-likeness (QED) is 0.647. The molecule has 1 atom stereocenters. The summed E-state index contributed by atoms with van der Waals surface area (Å²) in [5.41, 5.74) is 6.48. The Bertz CT molecular complexity index is 747. The van der Waals surface area contributed by atoms with Crippen LogP contribution in [0.3, 0.4) is 0 Å². The van der Waals surface area contributed by atoms with E-state index in [0.29, 0.717) is 24.6 Å². The molecule has 1 rings (SSSR count). The minimum absolute atomic E-state index is 0.0103. The molecule has 8 nitrogen and oxygen atoms in total. The summed E-state index contributed by atoms with van der Waals surface area (Å²) in [7, 11) is -0.808. The molecule has 1 aromatic carbocycles. The first-order valence-corrected chi connectivity index (χ1v) is 10.2. The second-order valence-corrected chi connectivity index (χ2v) is 9.02.